The maximum absolute atomic E-state index is 5.98. The number of H-pyrrole nitrogens is 2. The van der Waals surface area contributed by atoms with Crippen LogP contribution in [0.25, 0.3) is 11.4 Å². The van der Waals surface area contributed by atoms with Gasteiger partial charge in [0.2, 0.25) is 0 Å². The first kappa shape index (κ1) is 38.3. The molecule has 2 aromatic rings. The molecule has 4 nitrogen and oxygen atoms in total. The van der Waals surface area contributed by atoms with Gasteiger partial charge < -0.3 is 19.4 Å². The molecule has 0 saturated heterocycles. The summed E-state index contributed by atoms with van der Waals surface area (Å²) in [5.41, 5.74) is 2.10. The summed E-state index contributed by atoms with van der Waals surface area (Å²) in [5, 5.41) is 0. The smallest absolute Gasteiger partial charge is 0.191 e. The molecule has 2 heterocycles. The molecule has 0 aliphatic heterocycles. The summed E-state index contributed by atoms with van der Waals surface area (Å²) < 4.78 is 12.0. The second kappa shape index (κ2) is 28.6. The first-order chi connectivity index (χ1) is 21.8. The average Bonchev–Trinajstić information content (AvgIpc) is 3.71. The number of rotatable bonds is 33. The summed E-state index contributed by atoms with van der Waals surface area (Å²) in [7, 11) is 0. The van der Waals surface area contributed by atoms with E-state index in [2.05, 4.69) is 35.9 Å². The van der Waals surface area contributed by atoms with Crippen molar-refractivity contribution < 1.29 is 9.47 Å². The van der Waals surface area contributed by atoms with Gasteiger partial charge in [-0.2, -0.15) is 0 Å². The average molecular weight is 613 g/mol. The van der Waals surface area contributed by atoms with E-state index in [4.69, 9.17) is 9.47 Å². The van der Waals surface area contributed by atoms with Gasteiger partial charge in [-0.1, -0.05) is 181 Å². The second-order valence-corrected chi connectivity index (χ2v) is 13.4. The number of hydrogen-bond acceptors (Lipinski definition) is 2. The SMILES string of the molecule is CCCCCCCCCCCCCCCCOc1ccc(-c2ccc(OCCCCCCCCCCCCCCCC)[nH]2)[nH]1. The van der Waals surface area contributed by atoms with Gasteiger partial charge in [0.15, 0.2) is 11.8 Å². The van der Waals surface area contributed by atoms with Crippen LogP contribution in [0.1, 0.15) is 194 Å². The summed E-state index contributed by atoms with van der Waals surface area (Å²) in [4.78, 5) is 6.81. The lowest BCUT2D eigenvalue weighted by Gasteiger charge is -2.05. The number of nitrogens with one attached hydrogen (secondary N) is 2. The van der Waals surface area contributed by atoms with Crippen molar-refractivity contribution in [1.29, 1.82) is 0 Å². The summed E-state index contributed by atoms with van der Waals surface area (Å²) >= 11 is 0. The number of aromatic nitrogens is 2. The molecule has 0 aliphatic rings. The summed E-state index contributed by atoms with van der Waals surface area (Å²) in [6, 6.07) is 8.25. The molecule has 2 aromatic heterocycles. The van der Waals surface area contributed by atoms with Crippen LogP contribution in [0.4, 0.5) is 0 Å². The molecule has 4 heteroatoms. The molecule has 0 amide bonds. The molecule has 0 bridgehead atoms. The van der Waals surface area contributed by atoms with Crippen molar-refractivity contribution in [3.63, 3.8) is 0 Å². The fourth-order valence-electron chi connectivity index (χ4n) is 6.19. The van der Waals surface area contributed by atoms with Crippen LogP contribution in [0.2, 0.25) is 0 Å². The van der Waals surface area contributed by atoms with Crippen LogP contribution >= 0.6 is 0 Å². The maximum Gasteiger partial charge on any atom is 0.191 e. The molecule has 0 spiro atoms. The van der Waals surface area contributed by atoms with E-state index < -0.39 is 0 Å². The second-order valence-electron chi connectivity index (χ2n) is 13.4. The molecule has 2 rings (SSSR count). The van der Waals surface area contributed by atoms with E-state index in [1.165, 1.54) is 167 Å². The molecular formula is C40H72N2O2. The van der Waals surface area contributed by atoms with Gasteiger partial charge in [-0.05, 0) is 25.0 Å². The Kier molecular flexibility index (Phi) is 24.9. The topological polar surface area (TPSA) is 50.0 Å². The van der Waals surface area contributed by atoms with Crippen LogP contribution in [0.3, 0.4) is 0 Å². The Labute approximate surface area is 273 Å². The molecule has 0 atom stereocenters. The maximum atomic E-state index is 5.98. The summed E-state index contributed by atoms with van der Waals surface area (Å²) in [5.74, 6) is 1.71. The van der Waals surface area contributed by atoms with Crippen LogP contribution in [0.15, 0.2) is 24.3 Å². The van der Waals surface area contributed by atoms with E-state index in [0.717, 1.165) is 49.2 Å². The van der Waals surface area contributed by atoms with E-state index in [1.807, 2.05) is 12.1 Å². The van der Waals surface area contributed by atoms with Crippen molar-refractivity contribution in [2.24, 2.45) is 0 Å². The van der Waals surface area contributed by atoms with E-state index in [-0.39, 0.29) is 0 Å². The summed E-state index contributed by atoms with van der Waals surface area (Å²) in [6.07, 6.45) is 38.7. The Bertz CT molecular complexity index is 787. The van der Waals surface area contributed by atoms with E-state index in [9.17, 15) is 0 Å². The third kappa shape index (κ3) is 21.0. The number of ether oxygens (including phenoxy) is 2. The lowest BCUT2D eigenvalue weighted by atomic mass is 10.0. The molecular weight excluding hydrogens is 540 g/mol. The minimum atomic E-state index is 0.788. The molecule has 0 radical (unpaired) electrons. The van der Waals surface area contributed by atoms with Gasteiger partial charge in [0.25, 0.3) is 0 Å². The Hall–Kier alpha value is -1.84. The first-order valence-corrected chi connectivity index (χ1v) is 19.5. The van der Waals surface area contributed by atoms with Crippen LogP contribution in [0.5, 0.6) is 11.8 Å². The first-order valence-electron chi connectivity index (χ1n) is 19.5. The molecule has 254 valence electrons. The lowest BCUT2D eigenvalue weighted by molar-refractivity contribution is 0.294. The van der Waals surface area contributed by atoms with E-state index in [1.54, 1.807) is 0 Å². The highest BCUT2D eigenvalue weighted by Crippen LogP contribution is 2.24. The van der Waals surface area contributed by atoms with Gasteiger partial charge in [-0.3, -0.25) is 0 Å². The molecule has 0 saturated carbocycles. The van der Waals surface area contributed by atoms with Crippen molar-refractivity contribution in [3.05, 3.63) is 24.3 Å². The third-order valence-corrected chi connectivity index (χ3v) is 9.12. The Balaban J connectivity index is 1.38. The van der Waals surface area contributed by atoms with Crippen LogP contribution in [-0.2, 0) is 0 Å². The highest BCUT2D eigenvalue weighted by atomic mass is 16.5. The molecule has 0 unspecified atom stereocenters. The third-order valence-electron chi connectivity index (χ3n) is 9.12. The number of unbranched alkanes of at least 4 members (excludes halogenated alkanes) is 26. The lowest BCUT2D eigenvalue weighted by Crippen LogP contribution is -1.98. The van der Waals surface area contributed by atoms with Gasteiger partial charge in [-0.25, -0.2) is 0 Å². The minimum absolute atomic E-state index is 0.788. The molecule has 0 aromatic carbocycles. The highest BCUT2D eigenvalue weighted by molar-refractivity contribution is 5.57. The van der Waals surface area contributed by atoms with Crippen molar-refractivity contribution in [2.75, 3.05) is 13.2 Å². The minimum Gasteiger partial charge on any atom is -0.479 e. The highest BCUT2D eigenvalue weighted by Gasteiger charge is 2.06. The van der Waals surface area contributed by atoms with Gasteiger partial charge in [-0.15, -0.1) is 0 Å². The van der Waals surface area contributed by atoms with Crippen LogP contribution in [-0.4, -0.2) is 23.2 Å². The predicted molar refractivity (Wildman–Crippen MR) is 192 cm³/mol. The largest absolute Gasteiger partial charge is 0.479 e. The predicted octanol–water partition coefficient (Wildman–Crippen LogP) is 13.7. The van der Waals surface area contributed by atoms with E-state index >= 15 is 0 Å². The monoisotopic (exact) mass is 613 g/mol. The fraction of sp³-hybridized carbons (Fsp3) is 0.800. The van der Waals surface area contributed by atoms with Crippen molar-refractivity contribution in [2.45, 2.75) is 194 Å². The molecule has 0 aliphatic carbocycles. The van der Waals surface area contributed by atoms with Crippen molar-refractivity contribution in [3.8, 4) is 23.1 Å². The quantitative estimate of drug-likeness (QED) is 0.0788. The van der Waals surface area contributed by atoms with Gasteiger partial charge in [0.05, 0.1) is 24.6 Å². The Morgan fingerprint density at radius 1 is 0.341 bits per heavy atom. The Morgan fingerprint density at radius 2 is 0.591 bits per heavy atom. The van der Waals surface area contributed by atoms with Crippen LogP contribution in [0, 0.1) is 0 Å². The zero-order chi connectivity index (χ0) is 31.2. The Morgan fingerprint density at radius 3 is 0.864 bits per heavy atom. The molecule has 44 heavy (non-hydrogen) atoms. The standard InChI is InChI=1S/C40H72N2O2/c1-3-5-7-9-11-13-15-17-19-21-23-25-27-29-35-43-39-33-31-37(41-39)38-32-34-40(42-38)44-36-30-28-26-24-22-20-18-16-14-12-10-8-6-4-2/h31-34,41-42H,3-30,35-36H2,1-2H3. The van der Waals surface area contributed by atoms with Crippen LogP contribution < -0.4 is 9.47 Å². The number of aromatic amines is 2. The van der Waals surface area contributed by atoms with Gasteiger partial charge >= 0.3 is 0 Å². The fourth-order valence-corrected chi connectivity index (χ4v) is 6.19. The van der Waals surface area contributed by atoms with Gasteiger partial charge in [0, 0.05) is 12.1 Å². The van der Waals surface area contributed by atoms with Crippen molar-refractivity contribution in [1.82, 2.24) is 9.97 Å². The van der Waals surface area contributed by atoms with Gasteiger partial charge in [0.1, 0.15) is 0 Å². The van der Waals surface area contributed by atoms with Crippen molar-refractivity contribution >= 4 is 0 Å². The zero-order valence-electron chi connectivity index (χ0n) is 29.3. The molecule has 0 fully saturated rings. The normalized spacial score (nSPS) is 11.4. The van der Waals surface area contributed by atoms with E-state index in [0.29, 0.717) is 0 Å². The zero-order valence-corrected chi connectivity index (χ0v) is 29.3. The number of hydrogen-bond donors (Lipinski definition) is 2. The summed E-state index contributed by atoms with van der Waals surface area (Å²) in [6.45, 7) is 6.16. The molecule has 2 N–H and O–H groups in total.